The lowest BCUT2D eigenvalue weighted by Crippen LogP contribution is -2.06. The van der Waals surface area contributed by atoms with Crippen molar-refractivity contribution >= 4 is 34.4 Å². The first kappa shape index (κ1) is 15.0. The van der Waals surface area contributed by atoms with E-state index in [1.165, 1.54) is 0 Å². The van der Waals surface area contributed by atoms with Crippen molar-refractivity contribution in [1.82, 2.24) is 9.97 Å². The summed E-state index contributed by atoms with van der Waals surface area (Å²) in [5.74, 6) is -2.39. The van der Waals surface area contributed by atoms with E-state index in [2.05, 4.69) is 9.97 Å². The normalized spacial score (nSPS) is 10.7. The Labute approximate surface area is 134 Å². The molecule has 8 heteroatoms. The molecule has 0 radical (unpaired) electrons. The van der Waals surface area contributed by atoms with Crippen LogP contribution in [0.2, 0.25) is 0 Å². The third-order valence-electron chi connectivity index (χ3n) is 3.10. The van der Waals surface area contributed by atoms with Crippen molar-refractivity contribution in [3.8, 4) is 6.07 Å². The zero-order chi connectivity index (χ0) is 16.6. The van der Waals surface area contributed by atoms with Gasteiger partial charge in [-0.05, 0) is 12.1 Å². The second-order valence-electron chi connectivity index (χ2n) is 4.55. The van der Waals surface area contributed by atoms with Crippen molar-refractivity contribution in [2.24, 2.45) is 0 Å². The second kappa shape index (κ2) is 5.70. The average Bonchev–Trinajstić information content (AvgIpc) is 2.53. The van der Waals surface area contributed by atoms with E-state index >= 15 is 0 Å². The van der Waals surface area contributed by atoms with E-state index in [0.717, 1.165) is 11.8 Å². The lowest BCUT2D eigenvalue weighted by molar-refractivity contribution is 0.588. The maximum atomic E-state index is 14.8. The molecule has 0 bridgehead atoms. The lowest BCUT2D eigenvalue weighted by atomic mass is 10.1. The minimum atomic E-state index is -0.958. The predicted molar refractivity (Wildman–Crippen MR) is 83.6 cm³/mol. The van der Waals surface area contributed by atoms with Gasteiger partial charge in [-0.1, -0.05) is 30.0 Å². The summed E-state index contributed by atoms with van der Waals surface area (Å²) in [5.41, 5.74) is 10.3. The largest absolute Gasteiger partial charge is 0.383 e. The third kappa shape index (κ3) is 2.51. The Bertz CT molecular complexity index is 954. The zero-order valence-electron chi connectivity index (χ0n) is 11.5. The summed E-state index contributed by atoms with van der Waals surface area (Å²) in [6, 6.07) is 10.4. The van der Waals surface area contributed by atoms with Gasteiger partial charge in [0.15, 0.2) is 11.6 Å². The highest BCUT2D eigenvalue weighted by molar-refractivity contribution is 7.99. The highest BCUT2D eigenvalue weighted by atomic mass is 32.2. The van der Waals surface area contributed by atoms with Crippen molar-refractivity contribution < 1.29 is 8.78 Å². The Morgan fingerprint density at radius 3 is 2.39 bits per heavy atom. The molecule has 23 heavy (non-hydrogen) atoms. The molecule has 0 spiro atoms. The van der Waals surface area contributed by atoms with Crippen LogP contribution < -0.4 is 11.5 Å². The molecule has 1 aromatic heterocycles. The number of aromatic nitrogens is 2. The number of hydrogen-bond donors (Lipinski definition) is 2. The molecular formula is C15H9F2N5S. The number of halogens is 2. The molecule has 114 valence electrons. The average molecular weight is 329 g/mol. The van der Waals surface area contributed by atoms with E-state index in [1.807, 2.05) is 0 Å². The lowest BCUT2D eigenvalue weighted by Gasteiger charge is -2.11. The van der Waals surface area contributed by atoms with E-state index in [4.69, 9.17) is 11.5 Å². The first-order chi connectivity index (χ1) is 11.0. The third-order valence-corrected chi connectivity index (χ3v) is 4.20. The van der Waals surface area contributed by atoms with Crippen molar-refractivity contribution in [2.45, 2.75) is 9.79 Å². The first-order valence-corrected chi connectivity index (χ1v) is 7.21. The Hall–Kier alpha value is -2.92. The van der Waals surface area contributed by atoms with Crippen LogP contribution in [0.1, 0.15) is 5.56 Å². The molecule has 0 aliphatic carbocycles. The topological polar surface area (TPSA) is 102 Å². The number of nitrogen functional groups attached to an aromatic ring is 2. The highest BCUT2D eigenvalue weighted by Crippen LogP contribution is 2.38. The molecule has 0 aliphatic rings. The minimum absolute atomic E-state index is 0.166. The van der Waals surface area contributed by atoms with Gasteiger partial charge in [-0.3, -0.25) is 0 Å². The SMILES string of the molecule is N#Cc1c(Sc2ccccc2)c(F)c2nc(N)nc(N)c2c1F. The van der Waals surface area contributed by atoms with Crippen LogP contribution in [0, 0.1) is 23.0 Å². The molecule has 0 atom stereocenters. The molecule has 5 nitrogen and oxygen atoms in total. The molecule has 1 heterocycles. The number of rotatable bonds is 2. The predicted octanol–water partition coefficient (Wildman–Crippen LogP) is 3.10. The minimum Gasteiger partial charge on any atom is -0.383 e. The zero-order valence-corrected chi connectivity index (χ0v) is 12.4. The number of nitrogens with zero attached hydrogens (tertiary/aromatic N) is 3. The summed E-state index contributed by atoms with van der Waals surface area (Å²) in [4.78, 5) is 7.82. The van der Waals surface area contributed by atoms with Crippen LogP contribution in [0.25, 0.3) is 10.9 Å². The van der Waals surface area contributed by atoms with Gasteiger partial charge in [0.25, 0.3) is 0 Å². The molecule has 0 amide bonds. The van der Waals surface area contributed by atoms with Gasteiger partial charge < -0.3 is 11.5 Å². The molecule has 3 aromatic rings. The van der Waals surface area contributed by atoms with Crippen LogP contribution in [0.3, 0.4) is 0 Å². The van der Waals surface area contributed by atoms with Gasteiger partial charge in [-0.15, -0.1) is 0 Å². The van der Waals surface area contributed by atoms with Crippen molar-refractivity contribution in [2.75, 3.05) is 11.5 Å². The molecule has 4 N–H and O–H groups in total. The number of fused-ring (bicyclic) bond motifs is 1. The molecule has 0 fully saturated rings. The van der Waals surface area contributed by atoms with Crippen LogP contribution in [0.4, 0.5) is 20.5 Å². The number of benzene rings is 2. The van der Waals surface area contributed by atoms with Gasteiger partial charge in [0, 0.05) is 4.90 Å². The van der Waals surface area contributed by atoms with Crippen LogP contribution in [-0.2, 0) is 0 Å². The Balaban J connectivity index is 2.34. The van der Waals surface area contributed by atoms with Crippen LogP contribution >= 0.6 is 11.8 Å². The number of hydrogen-bond acceptors (Lipinski definition) is 6. The van der Waals surface area contributed by atoms with Crippen molar-refractivity contribution in [3.63, 3.8) is 0 Å². The quantitative estimate of drug-likeness (QED) is 0.749. The molecule has 0 saturated carbocycles. The van der Waals surface area contributed by atoms with E-state index in [-0.39, 0.29) is 27.6 Å². The highest BCUT2D eigenvalue weighted by Gasteiger charge is 2.24. The van der Waals surface area contributed by atoms with Crippen LogP contribution in [-0.4, -0.2) is 9.97 Å². The van der Waals surface area contributed by atoms with Gasteiger partial charge in [0.2, 0.25) is 5.95 Å². The summed E-state index contributed by atoms with van der Waals surface area (Å²) in [7, 11) is 0. The smallest absolute Gasteiger partial charge is 0.222 e. The molecule has 3 rings (SSSR count). The van der Waals surface area contributed by atoms with Crippen LogP contribution in [0.5, 0.6) is 0 Å². The Morgan fingerprint density at radius 1 is 1.04 bits per heavy atom. The number of nitriles is 1. The van der Waals surface area contributed by atoms with Gasteiger partial charge in [-0.2, -0.15) is 10.2 Å². The standard InChI is InChI=1S/C15H9F2N5S/c16-10-8(6-18)13(23-7-4-2-1-3-5-7)11(17)12-9(10)14(19)22-15(20)21-12/h1-5H,(H4,19,20,21,22). The Kier molecular flexibility index (Phi) is 3.72. The fraction of sp³-hybridized carbons (Fsp3) is 0. The summed E-state index contributed by atoms with van der Waals surface area (Å²) < 4.78 is 29.4. The van der Waals surface area contributed by atoms with Crippen molar-refractivity contribution in [3.05, 3.63) is 47.5 Å². The summed E-state index contributed by atoms with van der Waals surface area (Å²) in [5, 5.41) is 8.89. The molecule has 0 unspecified atom stereocenters. The number of anilines is 2. The van der Waals surface area contributed by atoms with Gasteiger partial charge in [0.1, 0.15) is 23.0 Å². The van der Waals surface area contributed by atoms with Crippen molar-refractivity contribution in [1.29, 1.82) is 5.26 Å². The van der Waals surface area contributed by atoms with E-state index in [0.29, 0.717) is 4.90 Å². The molecular weight excluding hydrogens is 320 g/mol. The summed E-state index contributed by atoms with van der Waals surface area (Å²) in [6.07, 6.45) is 0. The fourth-order valence-electron chi connectivity index (χ4n) is 2.12. The second-order valence-corrected chi connectivity index (χ2v) is 5.63. The van der Waals surface area contributed by atoms with E-state index < -0.39 is 17.2 Å². The van der Waals surface area contributed by atoms with Gasteiger partial charge in [0.05, 0.1) is 10.3 Å². The van der Waals surface area contributed by atoms with E-state index in [9.17, 15) is 14.0 Å². The van der Waals surface area contributed by atoms with Crippen LogP contribution in [0.15, 0.2) is 40.1 Å². The fourth-order valence-corrected chi connectivity index (χ4v) is 3.07. The van der Waals surface area contributed by atoms with Gasteiger partial charge >= 0.3 is 0 Å². The first-order valence-electron chi connectivity index (χ1n) is 6.39. The molecule has 2 aromatic carbocycles. The van der Waals surface area contributed by atoms with E-state index in [1.54, 1.807) is 36.4 Å². The maximum absolute atomic E-state index is 14.8. The number of nitrogens with two attached hydrogens (primary N) is 2. The monoisotopic (exact) mass is 329 g/mol. The summed E-state index contributed by atoms with van der Waals surface area (Å²) in [6.45, 7) is 0. The maximum Gasteiger partial charge on any atom is 0.222 e. The summed E-state index contributed by atoms with van der Waals surface area (Å²) >= 11 is 0.927. The van der Waals surface area contributed by atoms with Gasteiger partial charge in [-0.25, -0.2) is 13.8 Å². The molecule has 0 saturated heterocycles. The molecule has 0 aliphatic heterocycles. The Morgan fingerprint density at radius 2 is 1.74 bits per heavy atom.